The van der Waals surface area contributed by atoms with Gasteiger partial charge in [0.05, 0.1) is 12.7 Å². The number of nitrogens with zero attached hydrogens (tertiary/aromatic N) is 1. The van der Waals surface area contributed by atoms with Gasteiger partial charge in [0.1, 0.15) is 0 Å². The maximum absolute atomic E-state index is 5.77. The molecule has 1 saturated carbocycles. The second kappa shape index (κ2) is 6.19. The van der Waals surface area contributed by atoms with Crippen molar-refractivity contribution in [3.05, 3.63) is 0 Å². The standard InChI is InChI=1S/C15H29NO/c1-4-15-11-16(9-10-17-15)13(3)14-7-5-12(2)6-8-14/h12-15H,4-11H2,1-3H3. The van der Waals surface area contributed by atoms with Crippen molar-refractivity contribution in [1.29, 1.82) is 0 Å². The van der Waals surface area contributed by atoms with Crippen LogP contribution in [0.2, 0.25) is 0 Å². The van der Waals surface area contributed by atoms with Crippen LogP contribution in [0.3, 0.4) is 0 Å². The second-order valence-electron chi connectivity index (χ2n) is 6.16. The van der Waals surface area contributed by atoms with Crippen molar-refractivity contribution in [2.45, 2.75) is 65.0 Å². The number of hydrogen-bond donors (Lipinski definition) is 0. The van der Waals surface area contributed by atoms with Gasteiger partial charge in [-0.3, -0.25) is 4.90 Å². The van der Waals surface area contributed by atoms with E-state index < -0.39 is 0 Å². The summed E-state index contributed by atoms with van der Waals surface area (Å²) in [6, 6.07) is 0.764. The van der Waals surface area contributed by atoms with E-state index in [9.17, 15) is 0 Å². The average Bonchev–Trinajstić information content (AvgIpc) is 2.39. The quantitative estimate of drug-likeness (QED) is 0.749. The van der Waals surface area contributed by atoms with Crippen molar-refractivity contribution in [3.63, 3.8) is 0 Å². The van der Waals surface area contributed by atoms with E-state index in [4.69, 9.17) is 4.74 Å². The van der Waals surface area contributed by atoms with Gasteiger partial charge in [0.2, 0.25) is 0 Å². The molecule has 2 heteroatoms. The normalized spacial score (nSPS) is 37.9. The summed E-state index contributed by atoms with van der Waals surface area (Å²) in [6.45, 7) is 10.3. The van der Waals surface area contributed by atoms with Crippen LogP contribution in [0, 0.1) is 11.8 Å². The molecule has 1 heterocycles. The van der Waals surface area contributed by atoms with Crippen LogP contribution < -0.4 is 0 Å². The molecule has 0 amide bonds. The minimum absolute atomic E-state index is 0.480. The monoisotopic (exact) mass is 239 g/mol. The van der Waals surface area contributed by atoms with Gasteiger partial charge in [-0.05, 0) is 38.0 Å². The van der Waals surface area contributed by atoms with E-state index in [1.54, 1.807) is 0 Å². The first kappa shape index (κ1) is 13.4. The zero-order chi connectivity index (χ0) is 12.3. The van der Waals surface area contributed by atoms with Gasteiger partial charge in [0.25, 0.3) is 0 Å². The number of morpholine rings is 1. The zero-order valence-electron chi connectivity index (χ0n) is 11.8. The molecule has 2 aliphatic rings. The lowest BCUT2D eigenvalue weighted by Gasteiger charge is -2.41. The molecule has 0 N–H and O–H groups in total. The summed E-state index contributed by atoms with van der Waals surface area (Å²) in [4.78, 5) is 2.68. The van der Waals surface area contributed by atoms with Crippen molar-refractivity contribution >= 4 is 0 Å². The van der Waals surface area contributed by atoms with Gasteiger partial charge in [0.15, 0.2) is 0 Å². The fraction of sp³-hybridized carbons (Fsp3) is 1.00. The third-order valence-electron chi connectivity index (χ3n) is 4.94. The molecular formula is C15H29NO. The van der Waals surface area contributed by atoms with Crippen LogP contribution in [-0.2, 0) is 4.74 Å². The Bertz CT molecular complexity index is 223. The predicted octanol–water partition coefficient (Wildman–Crippen LogP) is 3.31. The first-order chi connectivity index (χ1) is 8.20. The van der Waals surface area contributed by atoms with E-state index in [2.05, 4.69) is 25.7 Å². The fourth-order valence-electron chi connectivity index (χ4n) is 3.43. The van der Waals surface area contributed by atoms with Gasteiger partial charge in [-0.25, -0.2) is 0 Å². The summed E-state index contributed by atoms with van der Waals surface area (Å²) in [5.74, 6) is 1.90. The molecule has 2 nitrogen and oxygen atoms in total. The van der Waals surface area contributed by atoms with Crippen molar-refractivity contribution < 1.29 is 4.74 Å². The smallest absolute Gasteiger partial charge is 0.0700 e. The topological polar surface area (TPSA) is 12.5 Å². The van der Waals surface area contributed by atoms with E-state index in [1.807, 2.05) is 0 Å². The molecule has 2 atom stereocenters. The third kappa shape index (κ3) is 3.45. The van der Waals surface area contributed by atoms with Gasteiger partial charge in [0, 0.05) is 19.1 Å². The lowest BCUT2D eigenvalue weighted by molar-refractivity contribution is -0.0530. The highest BCUT2D eigenvalue weighted by molar-refractivity contribution is 4.83. The number of rotatable bonds is 3. The molecule has 0 aromatic heterocycles. The molecule has 0 radical (unpaired) electrons. The van der Waals surface area contributed by atoms with E-state index in [0.717, 1.165) is 44.0 Å². The molecule has 17 heavy (non-hydrogen) atoms. The predicted molar refractivity (Wildman–Crippen MR) is 72.2 cm³/mol. The minimum atomic E-state index is 0.480. The van der Waals surface area contributed by atoms with Gasteiger partial charge in [-0.1, -0.05) is 26.7 Å². The van der Waals surface area contributed by atoms with Crippen molar-refractivity contribution in [3.8, 4) is 0 Å². The molecule has 1 aliphatic carbocycles. The molecule has 1 aliphatic heterocycles. The molecule has 100 valence electrons. The Morgan fingerprint density at radius 1 is 1.24 bits per heavy atom. The van der Waals surface area contributed by atoms with Crippen LogP contribution in [-0.4, -0.2) is 36.7 Å². The maximum Gasteiger partial charge on any atom is 0.0700 e. The average molecular weight is 239 g/mol. The van der Waals surface area contributed by atoms with Gasteiger partial charge in [-0.2, -0.15) is 0 Å². The summed E-state index contributed by atoms with van der Waals surface area (Å²) < 4.78 is 5.77. The molecule has 1 saturated heterocycles. The highest BCUT2D eigenvalue weighted by Crippen LogP contribution is 2.32. The molecule has 0 aromatic rings. The minimum Gasteiger partial charge on any atom is -0.376 e. The molecule has 2 rings (SSSR count). The Morgan fingerprint density at radius 3 is 2.59 bits per heavy atom. The van der Waals surface area contributed by atoms with Crippen LogP contribution in [0.1, 0.15) is 52.9 Å². The van der Waals surface area contributed by atoms with Crippen LogP contribution in [0.4, 0.5) is 0 Å². The largest absolute Gasteiger partial charge is 0.376 e. The second-order valence-corrected chi connectivity index (χ2v) is 6.16. The van der Waals surface area contributed by atoms with Crippen molar-refractivity contribution in [1.82, 2.24) is 4.90 Å². The Labute approximate surface area is 107 Å². The van der Waals surface area contributed by atoms with Gasteiger partial charge < -0.3 is 4.74 Å². The zero-order valence-corrected chi connectivity index (χ0v) is 11.8. The summed E-state index contributed by atoms with van der Waals surface area (Å²) in [6.07, 6.45) is 7.40. The molecule has 0 bridgehead atoms. The Kier molecular flexibility index (Phi) is 4.87. The third-order valence-corrected chi connectivity index (χ3v) is 4.94. The highest BCUT2D eigenvalue weighted by atomic mass is 16.5. The maximum atomic E-state index is 5.77. The molecule has 2 unspecified atom stereocenters. The Balaban J connectivity index is 1.84. The lowest BCUT2D eigenvalue weighted by atomic mass is 9.79. The van der Waals surface area contributed by atoms with E-state index in [-0.39, 0.29) is 0 Å². The lowest BCUT2D eigenvalue weighted by Crippen LogP contribution is -2.49. The van der Waals surface area contributed by atoms with Crippen LogP contribution in [0.5, 0.6) is 0 Å². The van der Waals surface area contributed by atoms with E-state index >= 15 is 0 Å². The molecule has 0 aromatic carbocycles. The summed E-state index contributed by atoms with van der Waals surface area (Å²) in [5, 5.41) is 0. The molecule has 2 fully saturated rings. The SMILES string of the molecule is CCC1CN(C(C)C2CCC(C)CC2)CCO1. The van der Waals surface area contributed by atoms with E-state index in [0.29, 0.717) is 6.10 Å². The first-order valence-corrected chi connectivity index (χ1v) is 7.56. The summed E-state index contributed by atoms with van der Waals surface area (Å²) in [7, 11) is 0. The molecular weight excluding hydrogens is 210 g/mol. The number of ether oxygens (including phenoxy) is 1. The Morgan fingerprint density at radius 2 is 1.94 bits per heavy atom. The van der Waals surface area contributed by atoms with Gasteiger partial charge in [-0.15, -0.1) is 0 Å². The van der Waals surface area contributed by atoms with Crippen molar-refractivity contribution in [2.75, 3.05) is 19.7 Å². The fourth-order valence-corrected chi connectivity index (χ4v) is 3.43. The Hall–Kier alpha value is -0.0800. The van der Waals surface area contributed by atoms with Crippen LogP contribution >= 0.6 is 0 Å². The van der Waals surface area contributed by atoms with Crippen molar-refractivity contribution in [2.24, 2.45) is 11.8 Å². The van der Waals surface area contributed by atoms with E-state index in [1.165, 1.54) is 25.7 Å². The number of hydrogen-bond acceptors (Lipinski definition) is 2. The summed E-state index contributed by atoms with van der Waals surface area (Å²) in [5.41, 5.74) is 0. The summed E-state index contributed by atoms with van der Waals surface area (Å²) >= 11 is 0. The van der Waals surface area contributed by atoms with Gasteiger partial charge >= 0.3 is 0 Å². The molecule has 0 spiro atoms. The first-order valence-electron chi connectivity index (χ1n) is 7.56. The highest BCUT2D eigenvalue weighted by Gasteiger charge is 2.30. The van der Waals surface area contributed by atoms with Crippen LogP contribution in [0.15, 0.2) is 0 Å². The van der Waals surface area contributed by atoms with Crippen LogP contribution in [0.25, 0.3) is 0 Å².